The number of amides is 1. The molecule has 2 aromatic carbocycles. The van der Waals surface area contributed by atoms with E-state index in [1.165, 1.54) is 11.4 Å². The quantitative estimate of drug-likeness (QED) is 0.768. The minimum absolute atomic E-state index is 0.186. The number of ether oxygens (including phenoxy) is 1. The maximum Gasteiger partial charge on any atom is 0.261 e. The van der Waals surface area contributed by atoms with Gasteiger partial charge in [-0.05, 0) is 36.2 Å². The van der Waals surface area contributed by atoms with Gasteiger partial charge in [0.05, 0.1) is 11.9 Å². The summed E-state index contributed by atoms with van der Waals surface area (Å²) in [5.41, 5.74) is 1.55. The van der Waals surface area contributed by atoms with Crippen LogP contribution in [0.25, 0.3) is 0 Å². The van der Waals surface area contributed by atoms with Crippen molar-refractivity contribution in [3.8, 4) is 5.75 Å². The Kier molecular flexibility index (Phi) is 6.63. The Morgan fingerprint density at radius 2 is 1.73 bits per heavy atom. The average Bonchev–Trinajstić information content (AvgIpc) is 2.64. The molecule has 2 aromatic rings. The van der Waals surface area contributed by atoms with E-state index in [0.717, 1.165) is 11.8 Å². The first-order valence-electron chi connectivity index (χ1n) is 8.33. The number of carbonyl (C=O) groups excluding carboxylic acids is 1. The van der Waals surface area contributed by atoms with E-state index >= 15 is 0 Å². The molecule has 1 unspecified atom stereocenters. The summed E-state index contributed by atoms with van der Waals surface area (Å²) in [5.74, 6) is 0.325. The van der Waals surface area contributed by atoms with Gasteiger partial charge in [-0.15, -0.1) is 0 Å². The zero-order chi connectivity index (χ0) is 19.2. The fraction of sp³-hybridized carbons (Fsp3) is 0.316. The molecule has 0 aromatic heterocycles. The molecule has 0 fully saturated rings. The lowest BCUT2D eigenvalue weighted by molar-refractivity contribution is -0.128. The van der Waals surface area contributed by atoms with Gasteiger partial charge in [-0.3, -0.25) is 9.10 Å². The second-order valence-electron chi connectivity index (χ2n) is 5.94. The van der Waals surface area contributed by atoms with Crippen LogP contribution in [0.4, 0.5) is 5.69 Å². The average molecular weight is 376 g/mol. The van der Waals surface area contributed by atoms with Gasteiger partial charge in [0, 0.05) is 13.6 Å². The van der Waals surface area contributed by atoms with Crippen molar-refractivity contribution < 1.29 is 17.9 Å². The third-order valence-corrected chi connectivity index (χ3v) is 5.15. The van der Waals surface area contributed by atoms with Gasteiger partial charge in [0.2, 0.25) is 10.0 Å². The number of hydrogen-bond acceptors (Lipinski definition) is 4. The molecule has 0 bridgehead atoms. The molecule has 6 nitrogen and oxygen atoms in total. The van der Waals surface area contributed by atoms with E-state index in [2.05, 4.69) is 5.32 Å². The van der Waals surface area contributed by atoms with E-state index in [1.807, 2.05) is 37.3 Å². The van der Waals surface area contributed by atoms with Gasteiger partial charge >= 0.3 is 0 Å². The van der Waals surface area contributed by atoms with Gasteiger partial charge < -0.3 is 10.1 Å². The van der Waals surface area contributed by atoms with Crippen LogP contribution in [0.3, 0.4) is 0 Å². The van der Waals surface area contributed by atoms with Crippen LogP contribution in [0.5, 0.6) is 5.75 Å². The number of nitrogens with zero attached hydrogens (tertiary/aromatic N) is 1. The fourth-order valence-corrected chi connectivity index (χ4v) is 2.82. The largest absolute Gasteiger partial charge is 0.481 e. The standard InChI is InChI=1S/C19H24N2O4S/c1-4-18(19(22)20-14-15-8-6-5-7-9-15)25-17-12-10-16(11-13-17)21(2)26(3,23)24/h5-13,18H,4,14H2,1-3H3,(H,20,22). The summed E-state index contributed by atoms with van der Waals surface area (Å²) in [7, 11) is -1.83. The molecular formula is C19H24N2O4S. The van der Waals surface area contributed by atoms with Crippen molar-refractivity contribution in [1.82, 2.24) is 5.32 Å². The molecule has 140 valence electrons. The number of nitrogens with one attached hydrogen (secondary N) is 1. The minimum atomic E-state index is -3.32. The zero-order valence-corrected chi connectivity index (χ0v) is 16.0. The Balaban J connectivity index is 1.97. The van der Waals surface area contributed by atoms with Crippen LogP contribution in [0.15, 0.2) is 54.6 Å². The van der Waals surface area contributed by atoms with Crippen LogP contribution in [-0.4, -0.2) is 33.7 Å². The Labute approximate surface area is 154 Å². The molecule has 1 N–H and O–H groups in total. The molecule has 0 saturated carbocycles. The fourth-order valence-electron chi connectivity index (χ4n) is 2.31. The van der Waals surface area contributed by atoms with E-state index in [9.17, 15) is 13.2 Å². The van der Waals surface area contributed by atoms with Crippen molar-refractivity contribution in [2.75, 3.05) is 17.6 Å². The lowest BCUT2D eigenvalue weighted by atomic mass is 10.2. The molecule has 0 aliphatic rings. The van der Waals surface area contributed by atoms with E-state index in [4.69, 9.17) is 4.74 Å². The monoisotopic (exact) mass is 376 g/mol. The smallest absolute Gasteiger partial charge is 0.261 e. The van der Waals surface area contributed by atoms with Crippen LogP contribution in [0, 0.1) is 0 Å². The summed E-state index contributed by atoms with van der Waals surface area (Å²) < 4.78 is 30.1. The van der Waals surface area contributed by atoms with Crippen LogP contribution in [0.1, 0.15) is 18.9 Å². The maximum absolute atomic E-state index is 12.3. The summed E-state index contributed by atoms with van der Waals surface area (Å²) in [6, 6.07) is 16.3. The molecule has 2 rings (SSSR count). The van der Waals surface area contributed by atoms with Gasteiger partial charge in [0.25, 0.3) is 5.91 Å². The van der Waals surface area contributed by atoms with Gasteiger partial charge in [-0.25, -0.2) is 8.42 Å². The van der Waals surface area contributed by atoms with Crippen molar-refractivity contribution in [3.63, 3.8) is 0 Å². The summed E-state index contributed by atoms with van der Waals surface area (Å²) in [4.78, 5) is 12.3. The first-order valence-corrected chi connectivity index (χ1v) is 10.2. The third-order valence-electron chi connectivity index (χ3n) is 3.95. The summed E-state index contributed by atoms with van der Waals surface area (Å²) in [5, 5.41) is 2.87. The second kappa shape index (κ2) is 8.71. The number of benzene rings is 2. The second-order valence-corrected chi connectivity index (χ2v) is 7.96. The van der Waals surface area contributed by atoms with Gasteiger partial charge in [0.15, 0.2) is 6.10 Å². The van der Waals surface area contributed by atoms with Gasteiger partial charge in [-0.2, -0.15) is 0 Å². The topological polar surface area (TPSA) is 75.7 Å². The highest BCUT2D eigenvalue weighted by molar-refractivity contribution is 7.92. The van der Waals surface area contributed by atoms with E-state index in [0.29, 0.717) is 24.4 Å². The van der Waals surface area contributed by atoms with Crippen LogP contribution in [0.2, 0.25) is 0 Å². The predicted molar refractivity (Wildman–Crippen MR) is 103 cm³/mol. The number of sulfonamides is 1. The van der Waals surface area contributed by atoms with E-state index < -0.39 is 16.1 Å². The summed E-state index contributed by atoms with van der Waals surface area (Å²) in [6.07, 6.45) is 1.05. The lowest BCUT2D eigenvalue weighted by Gasteiger charge is -2.19. The number of anilines is 1. The highest BCUT2D eigenvalue weighted by Crippen LogP contribution is 2.21. The first kappa shape index (κ1) is 19.8. The predicted octanol–water partition coefficient (Wildman–Crippen LogP) is 2.56. The minimum Gasteiger partial charge on any atom is -0.481 e. The van der Waals surface area contributed by atoms with Crippen molar-refractivity contribution in [1.29, 1.82) is 0 Å². The molecular weight excluding hydrogens is 352 g/mol. The van der Waals surface area contributed by atoms with Gasteiger partial charge in [0.1, 0.15) is 5.75 Å². The molecule has 0 heterocycles. The molecule has 26 heavy (non-hydrogen) atoms. The first-order chi connectivity index (χ1) is 12.3. The van der Waals surface area contributed by atoms with Crippen LogP contribution >= 0.6 is 0 Å². The van der Waals surface area contributed by atoms with Crippen LogP contribution in [-0.2, 0) is 21.4 Å². The van der Waals surface area contributed by atoms with Crippen molar-refractivity contribution in [2.45, 2.75) is 26.0 Å². The maximum atomic E-state index is 12.3. The Morgan fingerprint density at radius 1 is 1.12 bits per heavy atom. The molecule has 1 amide bonds. The van der Waals surface area contributed by atoms with Crippen molar-refractivity contribution >= 4 is 21.6 Å². The molecule has 1 atom stereocenters. The highest BCUT2D eigenvalue weighted by atomic mass is 32.2. The Hall–Kier alpha value is -2.54. The molecule has 7 heteroatoms. The normalized spacial score (nSPS) is 12.3. The zero-order valence-electron chi connectivity index (χ0n) is 15.2. The van der Waals surface area contributed by atoms with Crippen molar-refractivity contribution in [2.24, 2.45) is 0 Å². The Morgan fingerprint density at radius 3 is 2.27 bits per heavy atom. The number of hydrogen-bond donors (Lipinski definition) is 1. The van der Waals surface area contributed by atoms with Crippen LogP contribution < -0.4 is 14.4 Å². The molecule has 0 radical (unpaired) electrons. The van der Waals surface area contributed by atoms with E-state index in [1.54, 1.807) is 24.3 Å². The number of carbonyl (C=O) groups is 1. The van der Waals surface area contributed by atoms with Crippen molar-refractivity contribution in [3.05, 3.63) is 60.2 Å². The Bertz CT molecular complexity index is 820. The highest BCUT2D eigenvalue weighted by Gasteiger charge is 2.18. The SMILES string of the molecule is CCC(Oc1ccc(N(C)S(C)(=O)=O)cc1)C(=O)NCc1ccccc1. The van der Waals surface area contributed by atoms with Gasteiger partial charge in [-0.1, -0.05) is 37.3 Å². The molecule has 0 spiro atoms. The molecule has 0 aliphatic heterocycles. The number of rotatable bonds is 8. The molecule has 0 saturated heterocycles. The molecule has 0 aliphatic carbocycles. The lowest BCUT2D eigenvalue weighted by Crippen LogP contribution is -2.37. The third kappa shape index (κ3) is 5.49. The summed E-state index contributed by atoms with van der Waals surface area (Å²) in [6.45, 7) is 2.32. The summed E-state index contributed by atoms with van der Waals surface area (Å²) >= 11 is 0. The van der Waals surface area contributed by atoms with E-state index in [-0.39, 0.29) is 5.91 Å².